The molecule has 0 aliphatic carbocycles. The van der Waals surface area contributed by atoms with Crippen molar-refractivity contribution in [2.75, 3.05) is 5.32 Å². The molecule has 140 valence electrons. The molecule has 0 bridgehead atoms. The van der Waals surface area contributed by atoms with Crippen LogP contribution in [0.25, 0.3) is 11.3 Å². The van der Waals surface area contributed by atoms with Gasteiger partial charge in [-0.2, -0.15) is 5.10 Å². The van der Waals surface area contributed by atoms with Crippen molar-refractivity contribution in [3.05, 3.63) is 83.8 Å². The van der Waals surface area contributed by atoms with Crippen LogP contribution in [-0.4, -0.2) is 20.8 Å². The first-order valence-corrected chi connectivity index (χ1v) is 8.79. The Balaban J connectivity index is 1.37. The van der Waals surface area contributed by atoms with Gasteiger partial charge in [0.15, 0.2) is 18.2 Å². The van der Waals surface area contributed by atoms with Gasteiger partial charge in [0.2, 0.25) is 0 Å². The molecule has 0 saturated carbocycles. The summed E-state index contributed by atoms with van der Waals surface area (Å²) in [6.07, 6.45) is 3.18. The van der Waals surface area contributed by atoms with Crippen LogP contribution in [0.15, 0.2) is 77.6 Å². The third-order valence-corrected chi connectivity index (χ3v) is 4.09. The van der Waals surface area contributed by atoms with Crippen molar-refractivity contribution in [3.8, 4) is 17.1 Å². The maximum absolute atomic E-state index is 12.4. The Kier molecular flexibility index (Phi) is 5.07. The fraction of sp³-hybridized carbons (Fsp3) is 0.0500. The van der Waals surface area contributed by atoms with Gasteiger partial charge in [-0.25, -0.2) is 4.68 Å². The Hall–Kier alpha value is -3.58. The van der Waals surface area contributed by atoms with E-state index in [1.165, 1.54) is 6.20 Å². The number of ether oxygens (including phenoxy) is 1. The van der Waals surface area contributed by atoms with E-state index in [2.05, 4.69) is 15.6 Å². The maximum atomic E-state index is 12.4. The number of carbonyl (C=O) groups is 1. The van der Waals surface area contributed by atoms with Gasteiger partial charge in [-0.15, -0.1) is 0 Å². The number of anilines is 1. The normalized spacial score (nSPS) is 10.6. The summed E-state index contributed by atoms with van der Waals surface area (Å²) in [6.45, 7) is 0.179. The predicted octanol–water partition coefficient (Wildman–Crippen LogP) is 4.48. The van der Waals surface area contributed by atoms with E-state index in [0.717, 1.165) is 5.56 Å². The Bertz CT molecular complexity index is 1090. The molecule has 8 heteroatoms. The number of nitrogens with one attached hydrogen (secondary N) is 1. The Morgan fingerprint density at radius 3 is 2.82 bits per heavy atom. The molecule has 0 fully saturated rings. The molecule has 0 aliphatic rings. The van der Waals surface area contributed by atoms with Gasteiger partial charge in [0.05, 0.1) is 18.1 Å². The van der Waals surface area contributed by atoms with Crippen molar-refractivity contribution >= 4 is 23.2 Å². The zero-order valence-electron chi connectivity index (χ0n) is 14.6. The average Bonchev–Trinajstić information content (AvgIpc) is 3.37. The molecule has 7 nitrogen and oxygen atoms in total. The van der Waals surface area contributed by atoms with Crippen LogP contribution >= 0.6 is 11.6 Å². The lowest BCUT2D eigenvalue weighted by Crippen LogP contribution is -2.11. The Labute approximate surface area is 165 Å². The number of halogens is 1. The lowest BCUT2D eigenvalue weighted by atomic mass is 10.1. The van der Waals surface area contributed by atoms with Gasteiger partial charge in [-0.05, 0) is 18.2 Å². The van der Waals surface area contributed by atoms with Crippen LogP contribution in [0.3, 0.4) is 0 Å². The van der Waals surface area contributed by atoms with Crippen molar-refractivity contribution in [1.82, 2.24) is 14.9 Å². The number of rotatable bonds is 6. The van der Waals surface area contributed by atoms with E-state index in [0.29, 0.717) is 22.2 Å². The highest BCUT2D eigenvalue weighted by Crippen LogP contribution is 2.20. The fourth-order valence-electron chi connectivity index (χ4n) is 2.51. The van der Waals surface area contributed by atoms with Gasteiger partial charge < -0.3 is 14.6 Å². The van der Waals surface area contributed by atoms with E-state index >= 15 is 0 Å². The number of nitrogens with zero attached hydrogens (tertiary/aromatic N) is 3. The smallest absolute Gasteiger partial charge is 0.277 e. The van der Waals surface area contributed by atoms with E-state index in [1.54, 1.807) is 41.2 Å². The van der Waals surface area contributed by atoms with E-state index in [1.807, 2.05) is 30.3 Å². The summed E-state index contributed by atoms with van der Waals surface area (Å²) in [5.41, 5.74) is 1.55. The van der Waals surface area contributed by atoms with Crippen LogP contribution in [0.4, 0.5) is 5.69 Å². The Morgan fingerprint density at radius 1 is 1.14 bits per heavy atom. The molecule has 0 saturated heterocycles. The zero-order valence-corrected chi connectivity index (χ0v) is 15.3. The van der Waals surface area contributed by atoms with E-state index < -0.39 is 0 Å². The number of hydrogen-bond acceptors (Lipinski definition) is 5. The van der Waals surface area contributed by atoms with E-state index in [4.69, 9.17) is 20.9 Å². The van der Waals surface area contributed by atoms with Crippen LogP contribution in [-0.2, 0) is 6.73 Å². The molecule has 1 amide bonds. The minimum atomic E-state index is -0.388. The van der Waals surface area contributed by atoms with E-state index in [-0.39, 0.29) is 18.3 Å². The molecule has 0 aliphatic heterocycles. The highest BCUT2D eigenvalue weighted by atomic mass is 35.5. The summed E-state index contributed by atoms with van der Waals surface area (Å²) in [7, 11) is 0. The van der Waals surface area contributed by atoms with Gasteiger partial charge in [0.1, 0.15) is 5.75 Å². The summed E-state index contributed by atoms with van der Waals surface area (Å²) < 4.78 is 12.4. The molecule has 2 aromatic heterocycles. The fourth-order valence-corrected chi connectivity index (χ4v) is 2.69. The van der Waals surface area contributed by atoms with Crippen molar-refractivity contribution in [2.24, 2.45) is 0 Å². The second kappa shape index (κ2) is 7.98. The number of benzene rings is 2. The molecular weight excluding hydrogens is 380 g/mol. The Morgan fingerprint density at radius 2 is 2.00 bits per heavy atom. The van der Waals surface area contributed by atoms with Gasteiger partial charge in [-0.1, -0.05) is 53.2 Å². The summed E-state index contributed by atoms with van der Waals surface area (Å²) >= 11 is 5.92. The topological polar surface area (TPSA) is 82.2 Å². The van der Waals surface area contributed by atoms with Crippen LogP contribution in [0, 0.1) is 0 Å². The first-order valence-electron chi connectivity index (χ1n) is 8.42. The van der Waals surface area contributed by atoms with Crippen LogP contribution in [0.1, 0.15) is 10.5 Å². The van der Waals surface area contributed by atoms with Crippen molar-refractivity contribution < 1.29 is 14.1 Å². The number of amides is 1. The number of carbonyl (C=O) groups excluding carboxylic acids is 1. The standard InChI is InChI=1S/C20H15ClN4O3/c21-15-7-4-8-17(9-15)27-13-25-12-16(11-22-25)23-20(26)18-10-19(28-24-18)14-5-2-1-3-6-14/h1-12H,13H2,(H,23,26). The minimum absolute atomic E-state index is 0.179. The monoisotopic (exact) mass is 394 g/mol. The van der Waals surface area contributed by atoms with Crippen LogP contribution in [0.2, 0.25) is 5.02 Å². The minimum Gasteiger partial charge on any atom is -0.471 e. The molecule has 4 rings (SSSR count). The van der Waals surface area contributed by atoms with Crippen molar-refractivity contribution in [3.63, 3.8) is 0 Å². The molecule has 2 heterocycles. The summed E-state index contributed by atoms with van der Waals surface area (Å²) in [4.78, 5) is 12.4. The van der Waals surface area contributed by atoms with Gasteiger partial charge in [0.25, 0.3) is 5.91 Å². The molecule has 28 heavy (non-hydrogen) atoms. The van der Waals surface area contributed by atoms with Gasteiger partial charge in [0, 0.05) is 16.7 Å². The molecule has 2 aromatic carbocycles. The number of aromatic nitrogens is 3. The van der Waals surface area contributed by atoms with Crippen LogP contribution in [0.5, 0.6) is 5.75 Å². The number of hydrogen-bond donors (Lipinski definition) is 1. The summed E-state index contributed by atoms with van der Waals surface area (Å²) in [6, 6.07) is 18.1. The highest BCUT2D eigenvalue weighted by molar-refractivity contribution is 6.30. The second-order valence-corrected chi connectivity index (χ2v) is 6.33. The quantitative estimate of drug-likeness (QED) is 0.521. The summed E-state index contributed by atoms with van der Waals surface area (Å²) in [5.74, 6) is 0.766. The van der Waals surface area contributed by atoms with Gasteiger partial charge in [-0.3, -0.25) is 4.79 Å². The molecular formula is C20H15ClN4O3. The summed E-state index contributed by atoms with van der Waals surface area (Å²) in [5, 5.41) is 11.3. The molecule has 0 radical (unpaired) electrons. The molecule has 4 aromatic rings. The van der Waals surface area contributed by atoms with Crippen molar-refractivity contribution in [1.29, 1.82) is 0 Å². The lowest BCUT2D eigenvalue weighted by molar-refractivity contribution is 0.101. The lowest BCUT2D eigenvalue weighted by Gasteiger charge is -2.06. The largest absolute Gasteiger partial charge is 0.471 e. The molecule has 0 atom stereocenters. The van der Waals surface area contributed by atoms with Crippen molar-refractivity contribution in [2.45, 2.75) is 6.73 Å². The first kappa shape index (κ1) is 17.8. The first-order chi connectivity index (χ1) is 13.7. The molecule has 0 spiro atoms. The second-order valence-electron chi connectivity index (χ2n) is 5.90. The third-order valence-electron chi connectivity index (χ3n) is 3.85. The SMILES string of the molecule is O=C(Nc1cnn(COc2cccc(Cl)c2)c1)c1cc(-c2ccccc2)on1. The van der Waals surface area contributed by atoms with Gasteiger partial charge >= 0.3 is 0 Å². The van der Waals surface area contributed by atoms with Crippen LogP contribution < -0.4 is 10.1 Å². The molecule has 1 N–H and O–H groups in total. The maximum Gasteiger partial charge on any atom is 0.277 e. The highest BCUT2D eigenvalue weighted by Gasteiger charge is 2.14. The van der Waals surface area contributed by atoms with E-state index in [9.17, 15) is 4.79 Å². The predicted molar refractivity (Wildman–Crippen MR) is 104 cm³/mol. The third kappa shape index (κ3) is 4.21. The molecule has 0 unspecified atom stereocenters. The average molecular weight is 395 g/mol. The zero-order chi connectivity index (χ0) is 19.3.